The molecule has 0 spiro atoms. The molecule has 42 heavy (non-hydrogen) atoms. The van der Waals surface area contributed by atoms with E-state index in [0.29, 0.717) is 17.8 Å². The first-order valence-electron chi connectivity index (χ1n) is 13.1. The number of nitrogens with zero attached hydrogens (tertiary/aromatic N) is 4. The molecule has 1 aromatic heterocycles. The highest BCUT2D eigenvalue weighted by atomic mass is 16.5. The van der Waals surface area contributed by atoms with Crippen LogP contribution in [0.15, 0.2) is 24.3 Å². The Morgan fingerprint density at radius 1 is 0.833 bits per heavy atom. The lowest BCUT2D eigenvalue weighted by molar-refractivity contribution is -0.151. The van der Waals surface area contributed by atoms with Crippen LogP contribution in [0.3, 0.4) is 0 Å². The molecule has 2 unspecified atom stereocenters. The third kappa shape index (κ3) is 9.32. The number of hydrogen-bond acceptors (Lipinski definition) is 11. The maximum absolute atomic E-state index is 11.9. The van der Waals surface area contributed by atoms with Gasteiger partial charge in [-0.3, -0.25) is 48.5 Å². The average Bonchev–Trinajstić information content (AvgIpc) is 3.22. The highest BCUT2D eigenvalue weighted by Gasteiger charge is 2.31. The summed E-state index contributed by atoms with van der Waals surface area (Å²) in [5.74, 6) is -5.89. The molecule has 4 N–H and O–H groups in total. The van der Waals surface area contributed by atoms with E-state index in [4.69, 9.17) is 9.47 Å². The molecule has 0 radical (unpaired) electrons. The average molecular weight is 593 g/mol. The number of imide groups is 1. The number of aliphatic carboxylic acids is 4. The predicted molar refractivity (Wildman–Crippen MR) is 139 cm³/mol. The van der Waals surface area contributed by atoms with Crippen LogP contribution in [0.1, 0.15) is 30.7 Å². The predicted octanol–water partition coefficient (Wildman–Crippen LogP) is -0.734. The molecule has 0 aliphatic carbocycles. The van der Waals surface area contributed by atoms with Crippen LogP contribution in [0.25, 0.3) is 0 Å². The summed E-state index contributed by atoms with van der Waals surface area (Å²) < 4.78 is 11.4. The summed E-state index contributed by atoms with van der Waals surface area (Å²) in [6.45, 7) is -0.0444. The quantitative estimate of drug-likeness (QED) is 0.164. The van der Waals surface area contributed by atoms with Crippen molar-refractivity contribution in [2.45, 2.75) is 44.4 Å². The van der Waals surface area contributed by atoms with E-state index in [2.05, 4.69) is 4.98 Å². The molecule has 16 nitrogen and oxygen atoms in total. The van der Waals surface area contributed by atoms with Crippen molar-refractivity contribution >= 4 is 35.7 Å². The zero-order valence-electron chi connectivity index (χ0n) is 22.6. The van der Waals surface area contributed by atoms with Crippen molar-refractivity contribution in [3.63, 3.8) is 0 Å². The summed E-state index contributed by atoms with van der Waals surface area (Å²) in [5.41, 5.74) is 0.581. The molecule has 228 valence electrons. The van der Waals surface area contributed by atoms with Gasteiger partial charge in [0.15, 0.2) is 0 Å². The molecule has 2 amide bonds. The highest BCUT2D eigenvalue weighted by Crippen LogP contribution is 2.21. The number of amides is 2. The third-order valence-corrected chi connectivity index (χ3v) is 6.56. The summed E-state index contributed by atoms with van der Waals surface area (Å²) in [4.78, 5) is 78.6. The molecule has 2 atom stereocenters. The molecule has 2 aliphatic rings. The number of ether oxygens (including phenoxy) is 2. The largest absolute Gasteiger partial charge is 0.493 e. The van der Waals surface area contributed by atoms with Crippen LogP contribution in [-0.2, 0) is 46.6 Å². The van der Waals surface area contributed by atoms with Crippen LogP contribution < -0.4 is 4.74 Å². The minimum Gasteiger partial charge on any atom is -0.493 e. The fourth-order valence-corrected chi connectivity index (χ4v) is 4.58. The third-order valence-electron chi connectivity index (χ3n) is 6.56. The van der Waals surface area contributed by atoms with Crippen LogP contribution in [0, 0.1) is 0 Å². The first-order chi connectivity index (χ1) is 19.9. The number of carboxylic acids is 4. The van der Waals surface area contributed by atoms with E-state index in [1.807, 2.05) is 0 Å². The Kier molecular flexibility index (Phi) is 11.5. The van der Waals surface area contributed by atoms with Gasteiger partial charge in [0.25, 0.3) is 11.8 Å². The lowest BCUT2D eigenvalue weighted by Crippen LogP contribution is -2.46. The van der Waals surface area contributed by atoms with Gasteiger partial charge in [0, 0.05) is 57.0 Å². The number of hydrogen-bond donors (Lipinski definition) is 4. The summed E-state index contributed by atoms with van der Waals surface area (Å²) in [6, 6.07) is 0.257. The van der Waals surface area contributed by atoms with E-state index < -0.39 is 60.6 Å². The van der Waals surface area contributed by atoms with Gasteiger partial charge >= 0.3 is 23.9 Å². The Balaban J connectivity index is 1.89. The number of fused-ring (bicyclic) bond motifs is 2. The van der Waals surface area contributed by atoms with E-state index in [9.17, 15) is 49.2 Å². The lowest BCUT2D eigenvalue weighted by Gasteiger charge is -2.31. The van der Waals surface area contributed by atoms with Crippen molar-refractivity contribution in [3.05, 3.63) is 35.7 Å². The molecule has 0 saturated heterocycles. The van der Waals surface area contributed by atoms with E-state index in [-0.39, 0.29) is 58.3 Å². The van der Waals surface area contributed by atoms with Gasteiger partial charge in [-0.1, -0.05) is 0 Å². The van der Waals surface area contributed by atoms with Gasteiger partial charge in [-0.2, -0.15) is 0 Å². The van der Waals surface area contributed by atoms with Gasteiger partial charge in [0.05, 0.1) is 44.1 Å². The second-order valence-corrected chi connectivity index (χ2v) is 9.61. The van der Waals surface area contributed by atoms with Gasteiger partial charge in [-0.15, -0.1) is 0 Å². The Morgan fingerprint density at radius 3 is 1.74 bits per heavy atom. The molecule has 0 fully saturated rings. The summed E-state index contributed by atoms with van der Waals surface area (Å²) in [7, 11) is 0. The van der Waals surface area contributed by atoms with Crippen LogP contribution in [0.2, 0.25) is 0 Å². The molecule has 3 heterocycles. The number of aromatic nitrogens is 1. The van der Waals surface area contributed by atoms with Crippen LogP contribution in [0.4, 0.5) is 0 Å². The van der Waals surface area contributed by atoms with E-state index in [1.54, 1.807) is 0 Å². The number of rotatable bonds is 13. The van der Waals surface area contributed by atoms with Gasteiger partial charge in [-0.05, 0) is 6.42 Å². The molecule has 2 bridgehead atoms. The summed E-state index contributed by atoms with van der Waals surface area (Å²) >= 11 is 0. The number of carboxylic acid groups (broad SMARTS) is 4. The van der Waals surface area contributed by atoms with Gasteiger partial charge in [0.1, 0.15) is 17.8 Å². The maximum Gasteiger partial charge on any atom is 0.321 e. The second kappa shape index (κ2) is 15.0. The number of pyridine rings is 1. The second-order valence-electron chi connectivity index (χ2n) is 9.61. The monoisotopic (exact) mass is 592 g/mol. The summed E-state index contributed by atoms with van der Waals surface area (Å²) in [6.07, 6.45) is 1.28. The fourth-order valence-electron chi connectivity index (χ4n) is 4.58. The van der Waals surface area contributed by atoms with Crippen molar-refractivity contribution in [2.75, 3.05) is 39.5 Å². The van der Waals surface area contributed by atoms with Crippen molar-refractivity contribution < 1.29 is 58.7 Å². The zero-order chi connectivity index (χ0) is 30.8. The molecule has 16 heteroatoms. The molecule has 1 aromatic rings. The normalized spacial score (nSPS) is 18.1. The Bertz CT molecular complexity index is 1150. The van der Waals surface area contributed by atoms with Crippen molar-refractivity contribution in [1.29, 1.82) is 0 Å². The SMILES string of the molecule is O=C(O)CC(C(=O)O)N1CCOCCN(C(CC(=O)O)C(=O)O)Cc2cc(OCCCN3C(=O)C=CC3=O)cc(n2)C1. The van der Waals surface area contributed by atoms with Gasteiger partial charge < -0.3 is 29.9 Å². The highest BCUT2D eigenvalue weighted by molar-refractivity contribution is 6.12. The van der Waals surface area contributed by atoms with Crippen molar-refractivity contribution in [3.8, 4) is 5.75 Å². The Morgan fingerprint density at radius 2 is 1.31 bits per heavy atom. The Hall–Kier alpha value is -4.41. The molecule has 0 saturated carbocycles. The fraction of sp³-hybridized carbons (Fsp3) is 0.500. The molecular formula is C26H32N4O12. The lowest BCUT2D eigenvalue weighted by atomic mass is 10.1. The zero-order valence-corrected chi connectivity index (χ0v) is 22.6. The number of carbonyl (C=O) groups is 6. The van der Waals surface area contributed by atoms with Crippen LogP contribution in [-0.4, -0.2) is 127 Å². The molecular weight excluding hydrogens is 560 g/mol. The molecule has 0 aromatic carbocycles. The smallest absolute Gasteiger partial charge is 0.321 e. The first-order valence-corrected chi connectivity index (χ1v) is 13.1. The maximum atomic E-state index is 11.9. The van der Waals surface area contributed by atoms with E-state index in [1.165, 1.54) is 34.1 Å². The summed E-state index contributed by atoms with van der Waals surface area (Å²) in [5, 5.41) is 38.0. The van der Waals surface area contributed by atoms with Crippen LogP contribution >= 0.6 is 0 Å². The number of carbonyl (C=O) groups excluding carboxylic acids is 2. The van der Waals surface area contributed by atoms with Gasteiger partial charge in [-0.25, -0.2) is 0 Å². The van der Waals surface area contributed by atoms with E-state index in [0.717, 1.165) is 4.90 Å². The van der Waals surface area contributed by atoms with Crippen molar-refractivity contribution in [2.24, 2.45) is 0 Å². The molecule has 3 rings (SSSR count). The van der Waals surface area contributed by atoms with Crippen molar-refractivity contribution in [1.82, 2.24) is 19.7 Å². The van der Waals surface area contributed by atoms with E-state index >= 15 is 0 Å². The standard InChI is InChI=1S/C26H32N4O12/c31-21-2-3-22(32)30(21)4-1-7-42-18-10-16-14-28(19(25(37)38)12-23(33)34)5-8-41-9-6-29(15-17(11-18)27-16)20(26(39)40)13-24(35)36/h2-3,10-11,19-20H,1,4-9,12-15H2,(H,33,34)(H,35,36)(H,37,38)(H,39,40). The molecule has 2 aliphatic heterocycles. The first kappa shape index (κ1) is 32.1. The topological polar surface area (TPSA) is 224 Å². The van der Waals surface area contributed by atoms with Gasteiger partial charge in [0.2, 0.25) is 0 Å². The minimum absolute atomic E-state index is 0.00968. The van der Waals surface area contributed by atoms with Crippen LogP contribution in [0.5, 0.6) is 5.75 Å². The Labute approximate surface area is 239 Å². The minimum atomic E-state index is -1.39.